The number of aryl methyl sites for hydroxylation is 1. The van der Waals surface area contributed by atoms with Gasteiger partial charge in [0.2, 0.25) is 5.95 Å². The molecule has 1 aliphatic heterocycles. The zero-order chi connectivity index (χ0) is 23.2. The average molecular weight is 452 g/mol. The van der Waals surface area contributed by atoms with E-state index < -0.39 is 11.5 Å². The normalized spacial score (nSPS) is 27.6. The first kappa shape index (κ1) is 21.5. The number of aromatic nitrogens is 2. The molecule has 1 aromatic carbocycles. The number of benzene rings is 1. The molecule has 0 saturated heterocycles. The highest BCUT2D eigenvalue weighted by Crippen LogP contribution is 2.51. The molecule has 4 atom stereocenters. The Hall–Kier alpha value is -3.36. The predicted octanol–water partition coefficient (Wildman–Crippen LogP) is 1.94. The molecule has 2 fully saturated rings. The molecule has 9 nitrogen and oxygen atoms in total. The average Bonchev–Trinajstić information content (AvgIpc) is 3.40. The smallest absolute Gasteiger partial charge is 0.329 e. The maximum absolute atomic E-state index is 12.8. The van der Waals surface area contributed by atoms with Crippen LogP contribution in [-0.2, 0) is 17.6 Å². The molecule has 2 bridgehead atoms. The van der Waals surface area contributed by atoms with E-state index in [-0.39, 0.29) is 23.3 Å². The highest BCUT2D eigenvalue weighted by molar-refractivity contribution is 5.98. The third-order valence-corrected chi connectivity index (χ3v) is 7.71. The SMILES string of the molecule is Nc1nc2c(c(=O)[nH]1)CC(CCc1ccc(C(=O)NC3(C(=O)O)CC4CCC3C4)cc1)CN2. The van der Waals surface area contributed by atoms with Gasteiger partial charge in [-0.3, -0.25) is 14.6 Å². The number of rotatable bonds is 6. The van der Waals surface area contributed by atoms with Gasteiger partial charge in [0, 0.05) is 12.1 Å². The number of nitrogens with two attached hydrogens (primary N) is 1. The first-order chi connectivity index (χ1) is 15.8. The number of nitrogens with zero attached hydrogens (tertiary/aromatic N) is 1. The lowest BCUT2D eigenvalue weighted by atomic mass is 9.80. The fourth-order valence-corrected chi connectivity index (χ4v) is 5.92. The second-order valence-electron chi connectivity index (χ2n) is 9.78. The van der Waals surface area contributed by atoms with Gasteiger partial charge in [-0.2, -0.15) is 4.98 Å². The number of anilines is 2. The van der Waals surface area contributed by atoms with Crippen LogP contribution in [0.4, 0.5) is 11.8 Å². The van der Waals surface area contributed by atoms with Crippen molar-refractivity contribution in [1.82, 2.24) is 15.3 Å². The van der Waals surface area contributed by atoms with Crippen molar-refractivity contribution in [2.75, 3.05) is 17.6 Å². The standard InChI is InChI=1S/C24H29N5O4/c25-23-27-19-18(21(31)28-23)10-15(12-26-19)2-1-13-3-6-16(7-4-13)20(30)29-24(22(32)33)11-14-5-8-17(24)9-14/h3-4,6-7,14-15,17H,1-2,5,8-12H2,(H,29,30)(H,32,33)(H4,25,26,27,28,31). The van der Waals surface area contributed by atoms with Crippen molar-refractivity contribution in [2.24, 2.45) is 17.8 Å². The van der Waals surface area contributed by atoms with E-state index in [9.17, 15) is 19.5 Å². The fraction of sp³-hybridized carbons (Fsp3) is 0.500. The lowest BCUT2D eigenvalue weighted by Gasteiger charge is -2.34. The molecule has 0 spiro atoms. The summed E-state index contributed by atoms with van der Waals surface area (Å²) in [6, 6.07) is 7.36. The van der Waals surface area contributed by atoms with Crippen LogP contribution >= 0.6 is 0 Å². The van der Waals surface area contributed by atoms with E-state index >= 15 is 0 Å². The number of H-pyrrole nitrogens is 1. The van der Waals surface area contributed by atoms with Crippen LogP contribution in [0.25, 0.3) is 0 Å². The summed E-state index contributed by atoms with van der Waals surface area (Å²) in [5.74, 6) is 0.158. The van der Waals surface area contributed by atoms with E-state index in [0.717, 1.165) is 44.2 Å². The van der Waals surface area contributed by atoms with E-state index in [0.29, 0.717) is 41.6 Å². The third-order valence-electron chi connectivity index (χ3n) is 7.71. The van der Waals surface area contributed by atoms with Gasteiger partial charge in [-0.15, -0.1) is 0 Å². The van der Waals surface area contributed by atoms with Crippen molar-refractivity contribution in [2.45, 2.75) is 50.5 Å². The molecule has 4 unspecified atom stereocenters. The van der Waals surface area contributed by atoms with Gasteiger partial charge in [0.25, 0.3) is 11.5 Å². The molecular weight excluding hydrogens is 422 g/mol. The van der Waals surface area contributed by atoms with E-state index in [1.165, 1.54) is 0 Å². The molecule has 6 N–H and O–H groups in total. The van der Waals surface area contributed by atoms with E-state index in [4.69, 9.17) is 5.73 Å². The monoisotopic (exact) mass is 451 g/mol. The largest absolute Gasteiger partial charge is 0.479 e. The number of hydrogen-bond donors (Lipinski definition) is 5. The Bertz CT molecular complexity index is 1140. The third kappa shape index (κ3) is 3.96. The second kappa shape index (κ2) is 8.20. The number of carbonyl (C=O) groups excluding carboxylic acids is 1. The van der Waals surface area contributed by atoms with Gasteiger partial charge >= 0.3 is 5.97 Å². The number of amides is 1. The molecule has 9 heteroatoms. The van der Waals surface area contributed by atoms with Crippen molar-refractivity contribution in [3.63, 3.8) is 0 Å². The van der Waals surface area contributed by atoms with Crippen molar-refractivity contribution in [1.29, 1.82) is 0 Å². The molecule has 1 amide bonds. The molecule has 174 valence electrons. The minimum Gasteiger partial charge on any atom is -0.479 e. The number of carboxylic acid groups (broad SMARTS) is 1. The number of fused-ring (bicyclic) bond motifs is 3. The summed E-state index contributed by atoms with van der Waals surface area (Å²) in [5.41, 5.74) is 6.49. The summed E-state index contributed by atoms with van der Waals surface area (Å²) in [6.07, 6.45) is 5.68. The zero-order valence-electron chi connectivity index (χ0n) is 18.4. The van der Waals surface area contributed by atoms with Crippen LogP contribution in [0.3, 0.4) is 0 Å². The fourth-order valence-electron chi connectivity index (χ4n) is 5.92. The molecule has 0 radical (unpaired) electrons. The number of aliphatic carboxylic acids is 1. The molecule has 3 aliphatic rings. The second-order valence-corrected chi connectivity index (χ2v) is 9.78. The van der Waals surface area contributed by atoms with Crippen LogP contribution < -0.4 is 21.9 Å². The van der Waals surface area contributed by atoms with Crippen LogP contribution in [-0.4, -0.2) is 39.0 Å². The van der Waals surface area contributed by atoms with Gasteiger partial charge in [-0.25, -0.2) is 4.79 Å². The highest BCUT2D eigenvalue weighted by Gasteiger charge is 2.56. The van der Waals surface area contributed by atoms with Gasteiger partial charge in [-0.05, 0) is 80.4 Å². The Morgan fingerprint density at radius 3 is 2.70 bits per heavy atom. The minimum atomic E-state index is -1.12. The van der Waals surface area contributed by atoms with E-state index in [2.05, 4.69) is 20.6 Å². The molecule has 33 heavy (non-hydrogen) atoms. The van der Waals surface area contributed by atoms with Crippen molar-refractivity contribution < 1.29 is 14.7 Å². The number of aromatic amines is 1. The Morgan fingerprint density at radius 1 is 1.24 bits per heavy atom. The Labute approximate surface area is 191 Å². The summed E-state index contributed by atoms with van der Waals surface area (Å²) >= 11 is 0. The van der Waals surface area contributed by atoms with Crippen LogP contribution in [0.2, 0.25) is 0 Å². The highest BCUT2D eigenvalue weighted by atomic mass is 16.4. The quantitative estimate of drug-likeness (QED) is 0.450. The minimum absolute atomic E-state index is 0.0244. The van der Waals surface area contributed by atoms with Crippen LogP contribution in [0.5, 0.6) is 0 Å². The predicted molar refractivity (Wildman–Crippen MR) is 123 cm³/mol. The van der Waals surface area contributed by atoms with Crippen molar-refractivity contribution >= 4 is 23.6 Å². The Kier molecular flexibility index (Phi) is 5.34. The lowest BCUT2D eigenvalue weighted by Crippen LogP contribution is -2.57. The summed E-state index contributed by atoms with van der Waals surface area (Å²) in [5, 5.41) is 15.9. The van der Waals surface area contributed by atoms with Gasteiger partial charge in [0.15, 0.2) is 0 Å². The van der Waals surface area contributed by atoms with Crippen LogP contribution in [0.1, 0.15) is 53.6 Å². The van der Waals surface area contributed by atoms with E-state index in [1.54, 1.807) is 12.1 Å². The number of hydrogen-bond acceptors (Lipinski definition) is 6. The van der Waals surface area contributed by atoms with Crippen LogP contribution in [0, 0.1) is 17.8 Å². The Balaban J connectivity index is 1.19. The summed E-state index contributed by atoms with van der Waals surface area (Å²) in [7, 11) is 0. The molecule has 2 aromatic rings. The van der Waals surface area contributed by atoms with Crippen molar-refractivity contribution in [3.8, 4) is 0 Å². The molecular formula is C24H29N5O4. The number of carboxylic acids is 1. The van der Waals surface area contributed by atoms with Gasteiger partial charge in [-0.1, -0.05) is 12.1 Å². The molecule has 2 saturated carbocycles. The lowest BCUT2D eigenvalue weighted by molar-refractivity contribution is -0.146. The zero-order valence-corrected chi connectivity index (χ0v) is 18.4. The number of nitrogens with one attached hydrogen (secondary N) is 3. The van der Waals surface area contributed by atoms with Crippen molar-refractivity contribution in [3.05, 3.63) is 51.3 Å². The summed E-state index contributed by atoms with van der Waals surface area (Å²) in [6.45, 7) is 0.725. The first-order valence-electron chi connectivity index (χ1n) is 11.6. The number of carbonyl (C=O) groups is 2. The summed E-state index contributed by atoms with van der Waals surface area (Å²) < 4.78 is 0. The molecule has 2 heterocycles. The van der Waals surface area contributed by atoms with Gasteiger partial charge in [0.05, 0.1) is 5.56 Å². The molecule has 2 aliphatic carbocycles. The molecule has 5 rings (SSSR count). The van der Waals surface area contributed by atoms with Crippen LogP contribution in [0.15, 0.2) is 29.1 Å². The van der Waals surface area contributed by atoms with E-state index in [1.807, 2.05) is 12.1 Å². The summed E-state index contributed by atoms with van der Waals surface area (Å²) in [4.78, 5) is 43.7. The first-order valence-corrected chi connectivity index (χ1v) is 11.6. The van der Waals surface area contributed by atoms with Gasteiger partial charge in [0.1, 0.15) is 11.4 Å². The maximum atomic E-state index is 12.8. The topological polar surface area (TPSA) is 150 Å². The molecule has 1 aromatic heterocycles. The Morgan fingerprint density at radius 2 is 2.03 bits per heavy atom. The number of nitrogen functional groups attached to an aromatic ring is 1. The maximum Gasteiger partial charge on any atom is 0.329 e. The van der Waals surface area contributed by atoms with Gasteiger partial charge < -0.3 is 21.5 Å².